The summed E-state index contributed by atoms with van der Waals surface area (Å²) in [6.07, 6.45) is 1.63. The van der Waals surface area contributed by atoms with Crippen LogP contribution in [0, 0.1) is 0 Å². The molecule has 0 aliphatic rings. The number of para-hydroxylation sites is 1. The van der Waals surface area contributed by atoms with E-state index < -0.39 is 11.9 Å². The normalized spacial score (nSPS) is 10.2. The van der Waals surface area contributed by atoms with Crippen LogP contribution in [0.4, 0.5) is 16.2 Å². The first-order chi connectivity index (χ1) is 12.6. The maximum Gasteiger partial charge on any atom is 0.316 e. The molecule has 4 N–H and O–H groups in total. The number of nitrogens with zero attached hydrogens (tertiary/aromatic N) is 2. The Balaban J connectivity index is 1.84. The number of benzene rings is 2. The molecule has 3 amide bonds. The third kappa shape index (κ3) is 3.81. The molecule has 0 spiro atoms. The summed E-state index contributed by atoms with van der Waals surface area (Å²) in [5.41, 5.74) is 7.00. The highest BCUT2D eigenvalue weighted by Crippen LogP contribution is 2.22. The van der Waals surface area contributed by atoms with Crippen molar-refractivity contribution in [3.63, 3.8) is 0 Å². The number of ether oxygens (including phenoxy) is 1. The zero-order valence-electron chi connectivity index (χ0n) is 14.0. The Morgan fingerprint density at radius 2 is 1.73 bits per heavy atom. The fourth-order valence-electron chi connectivity index (χ4n) is 2.39. The van der Waals surface area contributed by atoms with Crippen molar-refractivity contribution < 1.29 is 14.3 Å². The van der Waals surface area contributed by atoms with Crippen molar-refractivity contribution >= 4 is 23.3 Å². The molecule has 0 unspecified atom stereocenters. The quantitative estimate of drug-likeness (QED) is 0.656. The number of nitrogens with two attached hydrogens (primary N) is 1. The zero-order valence-corrected chi connectivity index (χ0v) is 14.0. The first-order valence-electron chi connectivity index (χ1n) is 7.74. The van der Waals surface area contributed by atoms with Crippen LogP contribution in [0.2, 0.25) is 0 Å². The maximum atomic E-state index is 12.6. The van der Waals surface area contributed by atoms with Gasteiger partial charge in [0, 0.05) is 11.4 Å². The summed E-state index contributed by atoms with van der Waals surface area (Å²) in [7, 11) is 1.47. The standard InChI is InChI=1S/C18H17N5O3/c1-26-15-11-23(14-8-3-2-4-9-14)22-16(15)17(24)20-12-6-5-7-13(10-12)21-18(19)25/h2-11H,1H3,(H,20,24)(H3,19,21,25). The van der Waals surface area contributed by atoms with Gasteiger partial charge in [-0.15, -0.1) is 0 Å². The van der Waals surface area contributed by atoms with Crippen LogP contribution in [-0.2, 0) is 0 Å². The molecule has 3 rings (SSSR count). The fraction of sp³-hybridized carbons (Fsp3) is 0.0556. The van der Waals surface area contributed by atoms with E-state index in [0.29, 0.717) is 17.1 Å². The number of urea groups is 1. The van der Waals surface area contributed by atoms with Crippen LogP contribution in [-0.4, -0.2) is 28.8 Å². The van der Waals surface area contributed by atoms with Gasteiger partial charge in [-0.2, -0.15) is 5.10 Å². The van der Waals surface area contributed by atoms with Gasteiger partial charge in [-0.3, -0.25) is 4.79 Å². The molecule has 0 bridgehead atoms. The predicted octanol–water partition coefficient (Wildman–Crippen LogP) is 2.62. The average Bonchev–Trinajstić information content (AvgIpc) is 3.07. The minimum atomic E-state index is -0.684. The molecule has 0 saturated heterocycles. The number of amides is 3. The molecule has 0 radical (unpaired) electrons. The topological polar surface area (TPSA) is 111 Å². The minimum Gasteiger partial charge on any atom is -0.493 e. The van der Waals surface area contributed by atoms with Crippen molar-refractivity contribution in [2.45, 2.75) is 0 Å². The van der Waals surface area contributed by atoms with Crippen LogP contribution in [0.25, 0.3) is 5.69 Å². The Hall–Kier alpha value is -3.81. The summed E-state index contributed by atoms with van der Waals surface area (Å²) in [5, 5.41) is 9.48. The largest absolute Gasteiger partial charge is 0.493 e. The van der Waals surface area contributed by atoms with Crippen molar-refractivity contribution in [1.29, 1.82) is 0 Å². The number of methoxy groups -OCH3 is 1. The van der Waals surface area contributed by atoms with Crippen LogP contribution in [0.15, 0.2) is 60.8 Å². The number of hydrogen-bond donors (Lipinski definition) is 3. The number of nitrogens with one attached hydrogen (secondary N) is 2. The van der Waals surface area contributed by atoms with Crippen LogP contribution >= 0.6 is 0 Å². The van der Waals surface area contributed by atoms with E-state index in [1.807, 2.05) is 30.3 Å². The zero-order chi connectivity index (χ0) is 18.5. The summed E-state index contributed by atoms with van der Waals surface area (Å²) < 4.78 is 6.83. The monoisotopic (exact) mass is 351 g/mol. The SMILES string of the molecule is COc1cn(-c2ccccc2)nc1C(=O)Nc1cccc(NC(N)=O)c1. The molecule has 2 aromatic carbocycles. The maximum absolute atomic E-state index is 12.6. The first kappa shape index (κ1) is 17.0. The third-order valence-electron chi connectivity index (χ3n) is 3.52. The molecule has 26 heavy (non-hydrogen) atoms. The van der Waals surface area contributed by atoms with E-state index >= 15 is 0 Å². The van der Waals surface area contributed by atoms with Crippen LogP contribution in [0.1, 0.15) is 10.5 Å². The van der Waals surface area contributed by atoms with E-state index in [0.717, 1.165) is 5.69 Å². The number of carbonyl (C=O) groups excluding carboxylic acids is 2. The Morgan fingerprint density at radius 1 is 1.04 bits per heavy atom. The van der Waals surface area contributed by atoms with E-state index in [9.17, 15) is 9.59 Å². The Bertz CT molecular complexity index is 937. The van der Waals surface area contributed by atoms with E-state index in [1.165, 1.54) is 7.11 Å². The van der Waals surface area contributed by atoms with Gasteiger partial charge in [0.15, 0.2) is 11.4 Å². The van der Waals surface area contributed by atoms with Crippen LogP contribution in [0.3, 0.4) is 0 Å². The summed E-state index contributed by atoms with van der Waals surface area (Å²) in [5.74, 6) is -0.0921. The number of rotatable bonds is 5. The second-order valence-corrected chi connectivity index (χ2v) is 5.35. The summed E-state index contributed by atoms with van der Waals surface area (Å²) in [6.45, 7) is 0. The van der Waals surface area contributed by atoms with Gasteiger partial charge in [-0.05, 0) is 30.3 Å². The van der Waals surface area contributed by atoms with Gasteiger partial charge in [0.2, 0.25) is 0 Å². The van der Waals surface area contributed by atoms with Crippen molar-refractivity contribution in [2.24, 2.45) is 5.73 Å². The highest BCUT2D eigenvalue weighted by atomic mass is 16.5. The Labute approximate surface area is 149 Å². The average molecular weight is 351 g/mol. The molecule has 1 aromatic heterocycles. The molecule has 132 valence electrons. The molecule has 8 nitrogen and oxygen atoms in total. The van der Waals surface area contributed by atoms with Gasteiger partial charge in [0.05, 0.1) is 19.0 Å². The molecular formula is C18H17N5O3. The summed E-state index contributed by atoms with van der Waals surface area (Å²) >= 11 is 0. The van der Waals surface area contributed by atoms with Gasteiger partial charge >= 0.3 is 6.03 Å². The molecule has 0 atom stereocenters. The Kier molecular flexibility index (Phi) is 4.84. The van der Waals surface area contributed by atoms with E-state index in [-0.39, 0.29) is 5.69 Å². The second kappa shape index (κ2) is 7.39. The third-order valence-corrected chi connectivity index (χ3v) is 3.52. The van der Waals surface area contributed by atoms with Crippen molar-refractivity contribution in [2.75, 3.05) is 17.7 Å². The molecule has 3 aromatic rings. The van der Waals surface area contributed by atoms with Gasteiger partial charge in [-0.25, -0.2) is 9.48 Å². The van der Waals surface area contributed by atoms with Crippen molar-refractivity contribution in [3.8, 4) is 11.4 Å². The molecular weight excluding hydrogens is 334 g/mol. The summed E-state index contributed by atoms with van der Waals surface area (Å²) in [6, 6.07) is 15.3. The number of primary amides is 1. The number of hydrogen-bond acceptors (Lipinski definition) is 4. The van der Waals surface area contributed by atoms with E-state index in [4.69, 9.17) is 10.5 Å². The van der Waals surface area contributed by atoms with Crippen LogP contribution in [0.5, 0.6) is 5.75 Å². The van der Waals surface area contributed by atoms with Gasteiger partial charge in [0.25, 0.3) is 5.91 Å². The molecule has 0 aliphatic carbocycles. The lowest BCUT2D eigenvalue weighted by Crippen LogP contribution is -2.19. The lowest BCUT2D eigenvalue weighted by molar-refractivity contribution is 0.101. The van der Waals surface area contributed by atoms with E-state index in [1.54, 1.807) is 35.1 Å². The molecule has 0 fully saturated rings. The second-order valence-electron chi connectivity index (χ2n) is 5.35. The number of anilines is 2. The predicted molar refractivity (Wildman–Crippen MR) is 97.7 cm³/mol. The Morgan fingerprint density at radius 3 is 2.38 bits per heavy atom. The molecule has 8 heteroatoms. The highest BCUT2D eigenvalue weighted by molar-refractivity contribution is 6.05. The first-order valence-corrected chi connectivity index (χ1v) is 7.74. The number of aromatic nitrogens is 2. The molecule has 0 aliphatic heterocycles. The van der Waals surface area contributed by atoms with Crippen molar-refractivity contribution in [1.82, 2.24) is 9.78 Å². The highest BCUT2D eigenvalue weighted by Gasteiger charge is 2.18. The van der Waals surface area contributed by atoms with Gasteiger partial charge < -0.3 is 21.1 Å². The molecule has 1 heterocycles. The lowest BCUT2D eigenvalue weighted by atomic mass is 10.2. The van der Waals surface area contributed by atoms with E-state index in [2.05, 4.69) is 15.7 Å². The van der Waals surface area contributed by atoms with Crippen LogP contribution < -0.4 is 21.1 Å². The summed E-state index contributed by atoms with van der Waals surface area (Å²) in [4.78, 5) is 23.5. The molecule has 0 saturated carbocycles. The number of carbonyl (C=O) groups is 2. The minimum absolute atomic E-state index is 0.143. The van der Waals surface area contributed by atoms with Gasteiger partial charge in [0.1, 0.15) is 0 Å². The van der Waals surface area contributed by atoms with Gasteiger partial charge in [-0.1, -0.05) is 24.3 Å². The smallest absolute Gasteiger partial charge is 0.316 e. The van der Waals surface area contributed by atoms with Crippen molar-refractivity contribution in [3.05, 3.63) is 66.5 Å². The fourth-order valence-corrected chi connectivity index (χ4v) is 2.39. The lowest BCUT2D eigenvalue weighted by Gasteiger charge is -2.07.